The first kappa shape index (κ1) is 38.2. The topological polar surface area (TPSA) is 32.8 Å². The minimum absolute atomic E-state index is 0.854. The Morgan fingerprint density at radius 3 is 1.00 bits per heavy atom. The van der Waals surface area contributed by atoms with Crippen LogP contribution in [0.25, 0.3) is 98.1 Å². The second-order valence-corrected chi connectivity index (χ2v) is 17.6. The van der Waals surface area contributed by atoms with Crippen LogP contribution in [0.3, 0.4) is 0 Å². The molecule has 14 aromatic rings. The van der Waals surface area contributed by atoms with Crippen LogP contribution in [0.5, 0.6) is 0 Å². The van der Waals surface area contributed by atoms with Crippen molar-refractivity contribution >= 4 is 121 Å². The minimum atomic E-state index is 0.854. The Kier molecular flexibility index (Phi) is 8.55. The largest absolute Gasteiger partial charge is 0.454 e. The van der Waals surface area contributed by atoms with Crippen LogP contribution in [-0.2, 0) is 0 Å². The molecule has 0 amide bonds. The number of para-hydroxylation sites is 4. The molecule has 0 radical (unpaired) electrons. The van der Waals surface area contributed by atoms with Crippen molar-refractivity contribution in [2.24, 2.45) is 0 Å². The van der Waals surface area contributed by atoms with E-state index in [0.29, 0.717) is 0 Å². The maximum absolute atomic E-state index is 6.73. The molecule has 68 heavy (non-hydrogen) atoms. The molecular weight excluding hydrogens is 829 g/mol. The molecule has 0 unspecified atom stereocenters. The van der Waals surface area contributed by atoms with Crippen molar-refractivity contribution in [1.82, 2.24) is 0 Å². The molecule has 0 saturated heterocycles. The Morgan fingerprint density at radius 1 is 0.235 bits per heavy atom. The number of rotatable bonds is 7. The maximum atomic E-state index is 6.73. The average molecular weight is 869 g/mol. The number of benzene rings is 12. The van der Waals surface area contributed by atoms with E-state index in [1.165, 1.54) is 43.1 Å². The molecule has 2 heterocycles. The average Bonchev–Trinajstić information content (AvgIpc) is 3.99. The van der Waals surface area contributed by atoms with Crippen LogP contribution in [0.4, 0.5) is 34.1 Å². The van der Waals surface area contributed by atoms with Crippen molar-refractivity contribution in [2.45, 2.75) is 0 Å². The normalized spacial score (nSPS) is 11.8. The van der Waals surface area contributed by atoms with Gasteiger partial charge in [0.2, 0.25) is 0 Å². The van der Waals surface area contributed by atoms with Gasteiger partial charge in [0.25, 0.3) is 0 Å². The molecule has 0 N–H and O–H groups in total. The van der Waals surface area contributed by atoms with E-state index in [0.717, 1.165) is 89.1 Å². The van der Waals surface area contributed by atoms with E-state index >= 15 is 0 Å². The molecule has 0 aliphatic rings. The molecular formula is C64H40N2O2. The molecule has 318 valence electrons. The summed E-state index contributed by atoms with van der Waals surface area (Å²) in [6.45, 7) is 0. The number of furan rings is 2. The molecule has 4 nitrogen and oxygen atoms in total. The van der Waals surface area contributed by atoms with Gasteiger partial charge in [0.1, 0.15) is 11.2 Å². The summed E-state index contributed by atoms with van der Waals surface area (Å²) in [4.78, 5) is 4.74. The van der Waals surface area contributed by atoms with Crippen LogP contribution in [-0.4, -0.2) is 0 Å². The van der Waals surface area contributed by atoms with Crippen molar-refractivity contribution in [2.75, 3.05) is 9.80 Å². The quantitative estimate of drug-likeness (QED) is 0.149. The van der Waals surface area contributed by atoms with E-state index in [2.05, 4.69) is 240 Å². The highest BCUT2D eigenvalue weighted by Crippen LogP contribution is 2.48. The summed E-state index contributed by atoms with van der Waals surface area (Å²) < 4.78 is 13.5. The molecule has 0 aliphatic heterocycles. The number of hydrogen-bond donors (Lipinski definition) is 0. The Morgan fingerprint density at radius 2 is 0.574 bits per heavy atom. The van der Waals surface area contributed by atoms with Gasteiger partial charge in [-0.2, -0.15) is 0 Å². The summed E-state index contributed by atoms with van der Waals surface area (Å²) in [6, 6.07) is 86.9. The van der Waals surface area contributed by atoms with Crippen LogP contribution in [0.1, 0.15) is 0 Å². The fourth-order valence-corrected chi connectivity index (χ4v) is 10.7. The van der Waals surface area contributed by atoms with Gasteiger partial charge in [0.05, 0.1) is 22.7 Å². The Balaban J connectivity index is 0.917. The standard InChI is InChI=1S/C64H40N2O2/c1-3-17-47-43(15-1)39-59(51-21-7-5-19-49(47)51)65(57-27-13-25-55-53-23-9-11-29-61(53)67-63(55)57)45-35-31-41(32-36-45)42-33-37-46(38-34-42)66(58-28-14-26-56-54-24-10-12-30-62(54)68-64(56)58)60-40-44-16-2-4-18-48(44)50-20-6-8-22-52(50)60/h1-40H. The van der Waals surface area contributed by atoms with Gasteiger partial charge in [-0.15, -0.1) is 0 Å². The molecule has 2 aromatic heterocycles. The van der Waals surface area contributed by atoms with Crippen molar-refractivity contribution in [3.8, 4) is 11.1 Å². The van der Waals surface area contributed by atoms with Gasteiger partial charge in [0, 0.05) is 43.7 Å². The number of hydrogen-bond acceptors (Lipinski definition) is 4. The number of nitrogens with zero attached hydrogens (tertiary/aromatic N) is 2. The molecule has 0 spiro atoms. The second kappa shape index (κ2) is 15.2. The lowest BCUT2D eigenvalue weighted by Gasteiger charge is -2.28. The monoisotopic (exact) mass is 868 g/mol. The van der Waals surface area contributed by atoms with Crippen molar-refractivity contribution in [3.05, 3.63) is 243 Å². The third-order valence-corrected chi connectivity index (χ3v) is 13.8. The zero-order chi connectivity index (χ0) is 44.7. The summed E-state index contributed by atoms with van der Waals surface area (Å²) in [6.07, 6.45) is 0. The number of fused-ring (bicyclic) bond motifs is 12. The summed E-state index contributed by atoms with van der Waals surface area (Å²) in [5.74, 6) is 0. The number of anilines is 6. The van der Waals surface area contributed by atoms with Crippen molar-refractivity contribution in [1.29, 1.82) is 0 Å². The van der Waals surface area contributed by atoms with Gasteiger partial charge in [-0.05, 0) is 104 Å². The molecule has 0 atom stereocenters. The van der Waals surface area contributed by atoms with E-state index in [4.69, 9.17) is 8.83 Å². The van der Waals surface area contributed by atoms with E-state index in [1.54, 1.807) is 0 Å². The lowest BCUT2D eigenvalue weighted by atomic mass is 9.98. The highest BCUT2D eigenvalue weighted by Gasteiger charge is 2.24. The molecule has 0 aliphatic carbocycles. The molecule has 12 aromatic carbocycles. The van der Waals surface area contributed by atoms with Crippen LogP contribution in [0, 0.1) is 0 Å². The van der Waals surface area contributed by atoms with E-state index in [1.807, 2.05) is 12.1 Å². The molecule has 14 rings (SSSR count). The van der Waals surface area contributed by atoms with Gasteiger partial charge in [-0.1, -0.05) is 182 Å². The van der Waals surface area contributed by atoms with E-state index in [9.17, 15) is 0 Å². The van der Waals surface area contributed by atoms with Gasteiger partial charge >= 0.3 is 0 Å². The lowest BCUT2D eigenvalue weighted by molar-refractivity contribution is 0.669. The third kappa shape index (κ3) is 5.94. The second-order valence-electron chi connectivity index (χ2n) is 17.6. The highest BCUT2D eigenvalue weighted by molar-refractivity contribution is 6.18. The SMILES string of the molecule is c1ccc2c(c1)cc(N(c1ccc(-c3ccc(N(c4cc5ccccc5c5ccccc45)c4cccc5c4oc4ccccc45)cc3)cc1)c1cccc3c1oc1ccccc13)c1ccccc12. The fourth-order valence-electron chi connectivity index (χ4n) is 10.7. The first-order valence-corrected chi connectivity index (χ1v) is 23.2. The molecule has 4 heteroatoms. The first-order chi connectivity index (χ1) is 33.7. The minimum Gasteiger partial charge on any atom is -0.454 e. The predicted octanol–water partition coefficient (Wildman–Crippen LogP) is 18.7. The van der Waals surface area contributed by atoms with Crippen LogP contribution >= 0.6 is 0 Å². The zero-order valence-electron chi connectivity index (χ0n) is 36.8. The maximum Gasteiger partial charge on any atom is 0.159 e. The highest BCUT2D eigenvalue weighted by atomic mass is 16.3. The Hall–Kier alpha value is -9.12. The third-order valence-electron chi connectivity index (χ3n) is 13.8. The van der Waals surface area contributed by atoms with Crippen LogP contribution < -0.4 is 9.80 Å². The van der Waals surface area contributed by atoms with E-state index in [-0.39, 0.29) is 0 Å². The molecule has 0 saturated carbocycles. The Bertz CT molecular complexity index is 4000. The summed E-state index contributed by atoms with van der Waals surface area (Å²) >= 11 is 0. The van der Waals surface area contributed by atoms with Crippen LogP contribution in [0.2, 0.25) is 0 Å². The summed E-state index contributed by atoms with van der Waals surface area (Å²) in [5, 5.41) is 14.0. The zero-order valence-corrected chi connectivity index (χ0v) is 36.8. The van der Waals surface area contributed by atoms with Crippen molar-refractivity contribution in [3.63, 3.8) is 0 Å². The predicted molar refractivity (Wildman–Crippen MR) is 286 cm³/mol. The first-order valence-electron chi connectivity index (χ1n) is 23.2. The van der Waals surface area contributed by atoms with Gasteiger partial charge in [0.15, 0.2) is 11.2 Å². The molecule has 0 fully saturated rings. The van der Waals surface area contributed by atoms with Gasteiger partial charge in [-0.25, -0.2) is 0 Å². The van der Waals surface area contributed by atoms with E-state index < -0.39 is 0 Å². The van der Waals surface area contributed by atoms with Gasteiger partial charge < -0.3 is 18.6 Å². The fraction of sp³-hybridized carbons (Fsp3) is 0. The van der Waals surface area contributed by atoms with Gasteiger partial charge in [-0.3, -0.25) is 0 Å². The summed E-state index contributed by atoms with van der Waals surface area (Å²) in [7, 11) is 0. The molecule has 0 bridgehead atoms. The lowest BCUT2D eigenvalue weighted by Crippen LogP contribution is -2.11. The van der Waals surface area contributed by atoms with Crippen LogP contribution in [0.15, 0.2) is 251 Å². The van der Waals surface area contributed by atoms with Crippen molar-refractivity contribution < 1.29 is 8.83 Å². The smallest absolute Gasteiger partial charge is 0.159 e. The Labute approximate surface area is 391 Å². The summed E-state index contributed by atoms with van der Waals surface area (Å²) in [5.41, 5.74) is 11.9.